The molecule has 1 aliphatic carbocycles. The van der Waals surface area contributed by atoms with E-state index in [1.165, 1.54) is 0 Å². The standard InChI is InChI=1S/C14H16F3NO4S/c15-14(16,17)10-3-7-12(8-4-10)23(21,22)18-11-5-1-9(2-6-11)13(19)20/h3-4,7-9,11,18H,1-2,5-6H2,(H,19,20). The number of benzene rings is 1. The fourth-order valence-electron chi connectivity index (χ4n) is 2.57. The Labute approximate surface area is 131 Å². The van der Waals surface area contributed by atoms with Crippen LogP contribution in [0.1, 0.15) is 31.2 Å². The summed E-state index contributed by atoms with van der Waals surface area (Å²) < 4.78 is 64.2. The first-order chi connectivity index (χ1) is 10.6. The normalized spacial score (nSPS) is 22.7. The zero-order valence-electron chi connectivity index (χ0n) is 12.0. The van der Waals surface area contributed by atoms with Gasteiger partial charge in [-0.3, -0.25) is 4.79 Å². The van der Waals surface area contributed by atoms with Crippen molar-refractivity contribution in [1.82, 2.24) is 4.72 Å². The molecule has 0 amide bonds. The lowest BCUT2D eigenvalue weighted by Gasteiger charge is -2.26. The van der Waals surface area contributed by atoms with Crippen LogP contribution in [-0.4, -0.2) is 25.5 Å². The molecule has 0 radical (unpaired) electrons. The zero-order chi connectivity index (χ0) is 17.3. The molecule has 0 bridgehead atoms. The van der Waals surface area contributed by atoms with Crippen molar-refractivity contribution >= 4 is 16.0 Å². The number of aliphatic carboxylic acids is 1. The van der Waals surface area contributed by atoms with Crippen molar-refractivity contribution in [3.05, 3.63) is 29.8 Å². The first-order valence-electron chi connectivity index (χ1n) is 7.02. The van der Waals surface area contributed by atoms with Gasteiger partial charge in [-0.05, 0) is 49.9 Å². The molecule has 1 aromatic carbocycles. The number of rotatable bonds is 4. The zero-order valence-corrected chi connectivity index (χ0v) is 12.8. The van der Waals surface area contributed by atoms with Crippen LogP contribution in [0.25, 0.3) is 0 Å². The molecule has 2 N–H and O–H groups in total. The fraction of sp³-hybridized carbons (Fsp3) is 0.500. The molecule has 0 aliphatic heterocycles. The molecular weight excluding hydrogens is 335 g/mol. The molecule has 5 nitrogen and oxygen atoms in total. The summed E-state index contributed by atoms with van der Waals surface area (Å²) in [6.07, 6.45) is -3.01. The molecule has 1 fully saturated rings. The average Bonchev–Trinajstić information content (AvgIpc) is 2.46. The molecule has 1 aliphatic rings. The van der Waals surface area contributed by atoms with E-state index in [9.17, 15) is 26.4 Å². The number of alkyl halides is 3. The summed E-state index contributed by atoms with van der Waals surface area (Å²) in [5, 5.41) is 8.90. The molecule has 0 atom stereocenters. The summed E-state index contributed by atoms with van der Waals surface area (Å²) in [6.45, 7) is 0. The maximum absolute atomic E-state index is 12.5. The fourth-order valence-corrected chi connectivity index (χ4v) is 3.87. The molecule has 128 valence electrons. The van der Waals surface area contributed by atoms with Crippen LogP contribution >= 0.6 is 0 Å². The molecule has 0 saturated heterocycles. The topological polar surface area (TPSA) is 83.5 Å². The second kappa shape index (κ2) is 6.48. The maximum Gasteiger partial charge on any atom is 0.416 e. The van der Waals surface area contributed by atoms with Crippen molar-refractivity contribution in [3.8, 4) is 0 Å². The summed E-state index contributed by atoms with van der Waals surface area (Å²) in [6, 6.07) is 2.85. The molecule has 1 saturated carbocycles. The Kier molecular flexibility index (Phi) is 5.00. The smallest absolute Gasteiger partial charge is 0.416 e. The second-order valence-electron chi connectivity index (χ2n) is 5.53. The van der Waals surface area contributed by atoms with Crippen molar-refractivity contribution in [2.24, 2.45) is 5.92 Å². The van der Waals surface area contributed by atoms with Gasteiger partial charge in [0, 0.05) is 6.04 Å². The Bertz CT molecular complexity index is 662. The minimum Gasteiger partial charge on any atom is -0.481 e. The lowest BCUT2D eigenvalue weighted by atomic mass is 9.87. The molecule has 0 heterocycles. The molecule has 1 aromatic rings. The number of carboxylic acid groups (broad SMARTS) is 1. The quantitative estimate of drug-likeness (QED) is 0.873. The number of sulfonamides is 1. The molecule has 0 unspecified atom stereocenters. The summed E-state index contributed by atoms with van der Waals surface area (Å²) in [5.74, 6) is -1.36. The molecular formula is C14H16F3NO4S. The summed E-state index contributed by atoms with van der Waals surface area (Å²) in [4.78, 5) is 10.6. The highest BCUT2D eigenvalue weighted by atomic mass is 32.2. The Hall–Kier alpha value is -1.61. The van der Waals surface area contributed by atoms with Gasteiger partial charge < -0.3 is 5.11 Å². The minimum absolute atomic E-state index is 0.245. The summed E-state index contributed by atoms with van der Waals surface area (Å²) >= 11 is 0. The number of halogens is 3. The maximum atomic E-state index is 12.5. The van der Waals surface area contributed by atoms with E-state index in [2.05, 4.69) is 4.72 Å². The lowest BCUT2D eigenvalue weighted by Crippen LogP contribution is -2.38. The van der Waals surface area contributed by atoms with Gasteiger partial charge >= 0.3 is 12.1 Å². The predicted octanol–water partition coefficient (Wildman–Crippen LogP) is 2.63. The van der Waals surface area contributed by atoms with Crippen molar-refractivity contribution in [2.45, 2.75) is 42.8 Å². The van der Waals surface area contributed by atoms with Crippen LogP contribution in [0.3, 0.4) is 0 Å². The average molecular weight is 351 g/mol. The Morgan fingerprint density at radius 3 is 2.04 bits per heavy atom. The third-order valence-corrected chi connectivity index (χ3v) is 5.43. The molecule has 0 spiro atoms. The van der Waals surface area contributed by atoms with Gasteiger partial charge in [0.05, 0.1) is 16.4 Å². The van der Waals surface area contributed by atoms with Crippen LogP contribution in [0.4, 0.5) is 13.2 Å². The minimum atomic E-state index is -4.52. The van der Waals surface area contributed by atoms with Crippen LogP contribution in [0.2, 0.25) is 0 Å². The van der Waals surface area contributed by atoms with Gasteiger partial charge in [-0.1, -0.05) is 0 Å². The van der Waals surface area contributed by atoms with Crippen LogP contribution in [0.5, 0.6) is 0 Å². The van der Waals surface area contributed by atoms with Crippen LogP contribution in [0, 0.1) is 5.92 Å². The predicted molar refractivity (Wildman–Crippen MR) is 75.1 cm³/mol. The molecule has 9 heteroatoms. The van der Waals surface area contributed by atoms with E-state index >= 15 is 0 Å². The van der Waals surface area contributed by atoms with Gasteiger partial charge in [-0.15, -0.1) is 0 Å². The first kappa shape index (κ1) is 17.7. The van der Waals surface area contributed by atoms with Crippen molar-refractivity contribution in [3.63, 3.8) is 0 Å². The Morgan fingerprint density at radius 1 is 1.09 bits per heavy atom. The highest BCUT2D eigenvalue weighted by Crippen LogP contribution is 2.30. The van der Waals surface area contributed by atoms with Crippen molar-refractivity contribution in [2.75, 3.05) is 0 Å². The van der Waals surface area contributed by atoms with E-state index in [4.69, 9.17) is 5.11 Å². The van der Waals surface area contributed by atoms with Crippen LogP contribution in [-0.2, 0) is 21.0 Å². The van der Waals surface area contributed by atoms with Crippen molar-refractivity contribution < 1.29 is 31.5 Å². The van der Waals surface area contributed by atoms with Gasteiger partial charge in [0.25, 0.3) is 0 Å². The van der Waals surface area contributed by atoms with Gasteiger partial charge in [-0.25, -0.2) is 13.1 Å². The molecule has 23 heavy (non-hydrogen) atoms. The van der Waals surface area contributed by atoms with E-state index in [-0.39, 0.29) is 4.90 Å². The SMILES string of the molecule is O=C(O)C1CCC(NS(=O)(=O)c2ccc(C(F)(F)F)cc2)CC1. The highest BCUT2D eigenvalue weighted by molar-refractivity contribution is 7.89. The number of carboxylic acids is 1. The summed E-state index contributed by atoms with van der Waals surface area (Å²) in [5.41, 5.74) is -0.918. The monoisotopic (exact) mass is 351 g/mol. The van der Waals surface area contributed by atoms with E-state index < -0.39 is 39.7 Å². The Balaban J connectivity index is 2.04. The van der Waals surface area contributed by atoms with E-state index in [0.717, 1.165) is 24.3 Å². The van der Waals surface area contributed by atoms with E-state index in [0.29, 0.717) is 25.7 Å². The van der Waals surface area contributed by atoms with Crippen LogP contribution < -0.4 is 4.72 Å². The lowest BCUT2D eigenvalue weighted by molar-refractivity contribution is -0.143. The van der Waals surface area contributed by atoms with Gasteiger partial charge in [0.2, 0.25) is 10.0 Å². The number of nitrogens with one attached hydrogen (secondary N) is 1. The van der Waals surface area contributed by atoms with E-state index in [1.54, 1.807) is 0 Å². The second-order valence-corrected chi connectivity index (χ2v) is 7.24. The molecule has 2 rings (SSSR count). The Morgan fingerprint density at radius 2 is 1.61 bits per heavy atom. The van der Waals surface area contributed by atoms with Crippen molar-refractivity contribution in [1.29, 1.82) is 0 Å². The first-order valence-corrected chi connectivity index (χ1v) is 8.50. The third-order valence-electron chi connectivity index (χ3n) is 3.89. The van der Waals surface area contributed by atoms with Gasteiger partial charge in [-0.2, -0.15) is 13.2 Å². The summed E-state index contributed by atoms with van der Waals surface area (Å²) in [7, 11) is -3.92. The number of hydrogen-bond donors (Lipinski definition) is 2. The highest BCUT2D eigenvalue weighted by Gasteiger charge is 2.32. The van der Waals surface area contributed by atoms with E-state index in [1.807, 2.05) is 0 Å². The molecule has 0 aromatic heterocycles. The third kappa shape index (κ3) is 4.44. The number of hydrogen-bond acceptors (Lipinski definition) is 3. The largest absolute Gasteiger partial charge is 0.481 e. The van der Waals surface area contributed by atoms with Crippen LogP contribution in [0.15, 0.2) is 29.2 Å². The van der Waals surface area contributed by atoms with Gasteiger partial charge in [0.15, 0.2) is 0 Å². The number of carbonyl (C=O) groups is 1. The van der Waals surface area contributed by atoms with Gasteiger partial charge in [0.1, 0.15) is 0 Å².